The predicted molar refractivity (Wildman–Crippen MR) is 63.0 cm³/mol. The molecule has 0 fully saturated rings. The molecule has 1 aromatic carbocycles. The minimum Gasteiger partial charge on any atom is -0.497 e. The highest BCUT2D eigenvalue weighted by molar-refractivity contribution is 6.32. The van der Waals surface area contributed by atoms with E-state index in [4.69, 9.17) is 21.1 Å². The van der Waals surface area contributed by atoms with E-state index in [0.717, 1.165) is 17.9 Å². The van der Waals surface area contributed by atoms with Crippen molar-refractivity contribution in [3.8, 4) is 11.5 Å². The Morgan fingerprint density at radius 3 is 2.60 bits per heavy atom. The number of ether oxygens (including phenoxy) is 2. The molecule has 0 aliphatic rings. The topological polar surface area (TPSA) is 18.5 Å². The van der Waals surface area contributed by atoms with Crippen molar-refractivity contribution in [3.05, 3.63) is 23.2 Å². The van der Waals surface area contributed by atoms with E-state index in [1.165, 1.54) is 0 Å². The summed E-state index contributed by atoms with van der Waals surface area (Å²) < 4.78 is 10.6. The number of halogens is 1. The van der Waals surface area contributed by atoms with Crippen LogP contribution in [0.2, 0.25) is 5.02 Å². The van der Waals surface area contributed by atoms with Gasteiger partial charge in [-0.3, -0.25) is 0 Å². The van der Waals surface area contributed by atoms with Gasteiger partial charge in [0.05, 0.1) is 18.7 Å². The monoisotopic (exact) mass is 228 g/mol. The molecule has 0 aromatic heterocycles. The smallest absolute Gasteiger partial charge is 0.138 e. The first-order chi connectivity index (χ1) is 7.13. The lowest BCUT2D eigenvalue weighted by Crippen LogP contribution is -2.01. The van der Waals surface area contributed by atoms with E-state index < -0.39 is 0 Å². The zero-order valence-electron chi connectivity index (χ0n) is 9.42. The van der Waals surface area contributed by atoms with Gasteiger partial charge in [-0.05, 0) is 24.5 Å². The summed E-state index contributed by atoms with van der Waals surface area (Å²) in [4.78, 5) is 0. The average molecular weight is 229 g/mol. The maximum absolute atomic E-state index is 6.02. The Morgan fingerprint density at radius 2 is 2.07 bits per heavy atom. The summed E-state index contributed by atoms with van der Waals surface area (Å²) in [6.45, 7) is 5.03. The highest BCUT2D eigenvalue weighted by Crippen LogP contribution is 2.28. The van der Waals surface area contributed by atoms with Crippen molar-refractivity contribution in [2.45, 2.75) is 20.3 Å². The molecule has 0 saturated carbocycles. The summed E-state index contributed by atoms with van der Waals surface area (Å²) in [5, 5.41) is 0.595. The van der Waals surface area contributed by atoms with Gasteiger partial charge in [-0.2, -0.15) is 0 Å². The predicted octanol–water partition coefficient (Wildman–Crippen LogP) is 3.77. The number of hydrogen-bond donors (Lipinski definition) is 0. The standard InChI is InChI=1S/C12H17ClO2/c1-9(2)6-7-15-12-5-4-10(14-3)8-11(12)13/h4-5,8-9H,6-7H2,1-3H3. The zero-order valence-corrected chi connectivity index (χ0v) is 10.2. The molecular formula is C12H17ClO2. The number of benzene rings is 1. The highest BCUT2D eigenvalue weighted by Gasteiger charge is 2.03. The normalized spacial score (nSPS) is 10.5. The summed E-state index contributed by atoms with van der Waals surface area (Å²) in [7, 11) is 1.62. The SMILES string of the molecule is COc1ccc(OCCC(C)C)c(Cl)c1. The Balaban J connectivity index is 2.54. The van der Waals surface area contributed by atoms with Gasteiger partial charge in [0.25, 0.3) is 0 Å². The van der Waals surface area contributed by atoms with Crippen LogP contribution in [0.25, 0.3) is 0 Å². The van der Waals surface area contributed by atoms with Crippen LogP contribution in [-0.2, 0) is 0 Å². The fourth-order valence-corrected chi connectivity index (χ4v) is 1.36. The van der Waals surface area contributed by atoms with E-state index in [2.05, 4.69) is 13.8 Å². The molecule has 0 N–H and O–H groups in total. The summed E-state index contributed by atoms with van der Waals surface area (Å²) >= 11 is 6.02. The number of rotatable bonds is 5. The average Bonchev–Trinajstić information content (AvgIpc) is 2.20. The fourth-order valence-electron chi connectivity index (χ4n) is 1.13. The van der Waals surface area contributed by atoms with E-state index in [1.807, 2.05) is 12.1 Å². The lowest BCUT2D eigenvalue weighted by Gasteiger charge is -2.10. The van der Waals surface area contributed by atoms with Gasteiger partial charge in [0.15, 0.2) is 0 Å². The van der Waals surface area contributed by atoms with Crippen molar-refractivity contribution >= 4 is 11.6 Å². The van der Waals surface area contributed by atoms with Crippen LogP contribution in [0.15, 0.2) is 18.2 Å². The van der Waals surface area contributed by atoms with Crippen LogP contribution < -0.4 is 9.47 Å². The second kappa shape index (κ2) is 5.86. The molecule has 3 heteroatoms. The lowest BCUT2D eigenvalue weighted by molar-refractivity contribution is 0.289. The van der Waals surface area contributed by atoms with Crippen molar-refractivity contribution in [2.24, 2.45) is 5.92 Å². The van der Waals surface area contributed by atoms with Crippen LogP contribution >= 0.6 is 11.6 Å². The lowest BCUT2D eigenvalue weighted by atomic mass is 10.1. The molecule has 0 amide bonds. The molecule has 0 spiro atoms. The second-order valence-electron chi connectivity index (χ2n) is 3.83. The van der Waals surface area contributed by atoms with Gasteiger partial charge >= 0.3 is 0 Å². The van der Waals surface area contributed by atoms with Crippen molar-refractivity contribution < 1.29 is 9.47 Å². The molecule has 0 saturated heterocycles. The molecule has 0 aliphatic carbocycles. The molecule has 15 heavy (non-hydrogen) atoms. The third-order valence-electron chi connectivity index (χ3n) is 2.09. The first-order valence-electron chi connectivity index (χ1n) is 5.10. The highest BCUT2D eigenvalue weighted by atomic mass is 35.5. The summed E-state index contributed by atoms with van der Waals surface area (Å²) in [6.07, 6.45) is 1.03. The zero-order chi connectivity index (χ0) is 11.3. The minimum absolute atomic E-state index is 0.595. The molecule has 1 aromatic rings. The van der Waals surface area contributed by atoms with Gasteiger partial charge in [0.2, 0.25) is 0 Å². The van der Waals surface area contributed by atoms with E-state index in [0.29, 0.717) is 17.5 Å². The first kappa shape index (κ1) is 12.2. The van der Waals surface area contributed by atoms with Crippen LogP contribution in [-0.4, -0.2) is 13.7 Å². The van der Waals surface area contributed by atoms with E-state index >= 15 is 0 Å². The maximum Gasteiger partial charge on any atom is 0.138 e. The molecule has 2 nitrogen and oxygen atoms in total. The first-order valence-corrected chi connectivity index (χ1v) is 5.47. The molecule has 0 aliphatic heterocycles. The van der Waals surface area contributed by atoms with E-state index in [1.54, 1.807) is 13.2 Å². The van der Waals surface area contributed by atoms with Crippen LogP contribution in [0.4, 0.5) is 0 Å². The van der Waals surface area contributed by atoms with Crippen molar-refractivity contribution in [2.75, 3.05) is 13.7 Å². The molecule has 0 heterocycles. The minimum atomic E-state index is 0.595. The van der Waals surface area contributed by atoms with Gasteiger partial charge in [-0.1, -0.05) is 25.4 Å². The molecule has 1 rings (SSSR count). The van der Waals surface area contributed by atoms with Crippen LogP contribution in [0, 0.1) is 5.92 Å². The molecule has 0 radical (unpaired) electrons. The quantitative estimate of drug-likeness (QED) is 0.764. The Kier molecular flexibility index (Phi) is 4.76. The molecular weight excluding hydrogens is 212 g/mol. The van der Waals surface area contributed by atoms with Crippen molar-refractivity contribution in [1.29, 1.82) is 0 Å². The summed E-state index contributed by atoms with van der Waals surface area (Å²) in [6, 6.07) is 5.43. The van der Waals surface area contributed by atoms with Gasteiger partial charge in [0.1, 0.15) is 11.5 Å². The third-order valence-corrected chi connectivity index (χ3v) is 2.39. The Bertz CT molecular complexity index is 310. The molecule has 0 atom stereocenters. The molecule has 0 unspecified atom stereocenters. The van der Waals surface area contributed by atoms with Crippen LogP contribution in [0.1, 0.15) is 20.3 Å². The third kappa shape index (κ3) is 4.00. The molecule has 0 bridgehead atoms. The van der Waals surface area contributed by atoms with Crippen molar-refractivity contribution in [3.63, 3.8) is 0 Å². The summed E-state index contributed by atoms with van der Waals surface area (Å²) in [5.74, 6) is 2.11. The van der Waals surface area contributed by atoms with E-state index in [-0.39, 0.29) is 0 Å². The van der Waals surface area contributed by atoms with Crippen LogP contribution in [0.3, 0.4) is 0 Å². The number of methoxy groups -OCH3 is 1. The Hall–Kier alpha value is -0.890. The second-order valence-corrected chi connectivity index (χ2v) is 4.23. The Morgan fingerprint density at radius 1 is 1.33 bits per heavy atom. The largest absolute Gasteiger partial charge is 0.497 e. The maximum atomic E-state index is 6.02. The van der Waals surface area contributed by atoms with Crippen LogP contribution in [0.5, 0.6) is 11.5 Å². The van der Waals surface area contributed by atoms with Gasteiger partial charge < -0.3 is 9.47 Å². The van der Waals surface area contributed by atoms with E-state index in [9.17, 15) is 0 Å². The molecule has 84 valence electrons. The van der Waals surface area contributed by atoms with Gasteiger partial charge in [-0.25, -0.2) is 0 Å². The number of hydrogen-bond acceptors (Lipinski definition) is 2. The van der Waals surface area contributed by atoms with Gasteiger partial charge in [-0.15, -0.1) is 0 Å². The van der Waals surface area contributed by atoms with Gasteiger partial charge in [0, 0.05) is 6.07 Å². The summed E-state index contributed by atoms with van der Waals surface area (Å²) in [5.41, 5.74) is 0. The van der Waals surface area contributed by atoms with Crippen molar-refractivity contribution in [1.82, 2.24) is 0 Å². The Labute approximate surface area is 96.2 Å². The fraction of sp³-hybridized carbons (Fsp3) is 0.500.